The molecule has 20 heteroatoms. The van der Waals surface area contributed by atoms with Crippen molar-refractivity contribution in [2.45, 2.75) is 81.7 Å². The van der Waals surface area contributed by atoms with Crippen LogP contribution in [0.5, 0.6) is 0 Å². The third-order valence-corrected chi connectivity index (χ3v) is 33.7. The molecule has 0 aromatic rings. The fraction of sp³-hybridized carbons (Fsp3) is 1.00. The van der Waals surface area contributed by atoms with Gasteiger partial charge in [0.15, 0.2) is 0 Å². The van der Waals surface area contributed by atoms with Crippen LogP contribution in [0.2, 0.25) is 62.5 Å². The van der Waals surface area contributed by atoms with Crippen molar-refractivity contribution in [2.24, 2.45) is 0 Å². The van der Waals surface area contributed by atoms with E-state index >= 15 is 0 Å². The second-order valence-electron chi connectivity index (χ2n) is 10.9. The molecular weight excluding hydrogens is 669 g/mol. The van der Waals surface area contributed by atoms with Crippen LogP contribution in [0.25, 0.3) is 0 Å². The lowest BCUT2D eigenvalue weighted by molar-refractivity contribution is 0.122. The number of rotatable bonds is 21. The maximum Gasteiger partial charge on any atom is 0.500 e. The van der Waals surface area contributed by atoms with Gasteiger partial charge in [-0.25, -0.2) is 0 Å². The van der Waals surface area contributed by atoms with E-state index in [0.29, 0.717) is 18.1 Å². The van der Waals surface area contributed by atoms with E-state index in [4.69, 9.17) is 56.3 Å². The van der Waals surface area contributed by atoms with Gasteiger partial charge in [-0.3, -0.25) is 0 Å². The normalized spacial score (nSPS) is 28.1. The first-order valence-electron chi connectivity index (χ1n) is 14.4. The summed E-state index contributed by atoms with van der Waals surface area (Å²) in [5.41, 5.74) is 0. The smallest absolute Gasteiger partial charge is 0.418 e. The lowest BCUT2D eigenvalue weighted by Gasteiger charge is -2.47. The van der Waals surface area contributed by atoms with Crippen molar-refractivity contribution in [3.05, 3.63) is 0 Å². The third kappa shape index (κ3) is 12.0. The highest BCUT2D eigenvalue weighted by Gasteiger charge is 2.53. The van der Waals surface area contributed by atoms with Crippen molar-refractivity contribution in [1.29, 1.82) is 0 Å². The standard InChI is InChI=1S/C22H58O13Si7/c1-23-40(24-2,25-3)20-14-17-37(11)32-36(10)33-38(12,18-15-21-41(26-4,27-5)28-6)35-39(13,34-37)19-16-22-42(29-7,30-8)31-9/h36H,14-22H2,1-13H3. The van der Waals surface area contributed by atoms with Gasteiger partial charge in [0, 0.05) is 82.1 Å². The molecule has 0 spiro atoms. The van der Waals surface area contributed by atoms with E-state index in [2.05, 4.69) is 26.2 Å². The van der Waals surface area contributed by atoms with Gasteiger partial charge >= 0.3 is 61.4 Å². The highest BCUT2D eigenvalue weighted by molar-refractivity contribution is 6.90. The quantitative estimate of drug-likeness (QED) is 0.159. The van der Waals surface area contributed by atoms with Gasteiger partial charge in [-0.1, -0.05) is 0 Å². The summed E-state index contributed by atoms with van der Waals surface area (Å²) in [6.07, 6.45) is 2.34. The Morgan fingerprint density at radius 1 is 0.452 bits per heavy atom. The van der Waals surface area contributed by atoms with E-state index < -0.39 is 61.4 Å². The molecule has 42 heavy (non-hydrogen) atoms. The Balaban J connectivity index is 3.21. The van der Waals surface area contributed by atoms with Crippen molar-refractivity contribution in [1.82, 2.24) is 0 Å². The first-order chi connectivity index (χ1) is 19.7. The SMILES string of the molecule is CO[Si](CCC[Si]1(C)O[SiH](C)O[Si](C)(CCC[Si](OC)(OC)OC)O[Si](C)(CCC[Si](OC)(OC)OC)O1)(OC)OC. The minimum Gasteiger partial charge on any atom is -0.418 e. The first kappa shape index (κ1) is 41.0. The predicted molar refractivity (Wildman–Crippen MR) is 175 cm³/mol. The maximum atomic E-state index is 7.12. The summed E-state index contributed by atoms with van der Waals surface area (Å²) in [7, 11) is -3.76. The van der Waals surface area contributed by atoms with Gasteiger partial charge in [0.1, 0.15) is 0 Å². The number of hydrogen-bond acceptors (Lipinski definition) is 13. The third-order valence-electron chi connectivity index (χ3n) is 7.83. The van der Waals surface area contributed by atoms with Crippen molar-refractivity contribution in [2.75, 3.05) is 64.0 Å². The summed E-state index contributed by atoms with van der Waals surface area (Å²) in [6.45, 7) is 8.46. The van der Waals surface area contributed by atoms with Crippen molar-refractivity contribution in [3.8, 4) is 0 Å². The molecule has 1 aliphatic rings. The molecule has 0 aromatic heterocycles. The van der Waals surface area contributed by atoms with Gasteiger partial charge in [-0.15, -0.1) is 0 Å². The van der Waals surface area contributed by atoms with E-state index in [1.165, 1.54) is 0 Å². The molecule has 2 atom stereocenters. The summed E-state index contributed by atoms with van der Waals surface area (Å²) >= 11 is 0. The Bertz CT molecular complexity index is 695. The Morgan fingerprint density at radius 3 is 0.929 bits per heavy atom. The summed E-state index contributed by atoms with van der Waals surface area (Å²) in [5, 5.41) is 0. The van der Waals surface area contributed by atoms with Crippen LogP contribution in [0.1, 0.15) is 19.3 Å². The molecule has 1 aliphatic heterocycles. The van der Waals surface area contributed by atoms with E-state index in [1.54, 1.807) is 64.0 Å². The highest BCUT2D eigenvalue weighted by Crippen LogP contribution is 2.36. The van der Waals surface area contributed by atoms with Crippen molar-refractivity contribution < 1.29 is 56.3 Å². The zero-order valence-electron chi connectivity index (χ0n) is 28.2. The van der Waals surface area contributed by atoms with E-state index in [-0.39, 0.29) is 0 Å². The molecule has 0 aliphatic carbocycles. The van der Waals surface area contributed by atoms with Crippen LogP contribution in [-0.2, 0) is 56.3 Å². The van der Waals surface area contributed by atoms with Crippen LogP contribution in [-0.4, -0.2) is 125 Å². The summed E-state index contributed by atoms with van der Waals surface area (Å²) < 4.78 is 78.7. The molecule has 2 unspecified atom stereocenters. The molecule has 13 nitrogen and oxygen atoms in total. The average molecular weight is 727 g/mol. The Kier molecular flexibility index (Phi) is 17.9. The molecule has 0 N–H and O–H groups in total. The van der Waals surface area contributed by atoms with Gasteiger partial charge in [0.05, 0.1) is 0 Å². The fourth-order valence-electron chi connectivity index (χ4n) is 5.58. The molecule has 0 aromatic carbocycles. The predicted octanol–water partition coefficient (Wildman–Crippen LogP) is 3.94. The van der Waals surface area contributed by atoms with Crippen LogP contribution >= 0.6 is 0 Å². The van der Waals surface area contributed by atoms with Crippen LogP contribution in [0.15, 0.2) is 0 Å². The monoisotopic (exact) mass is 726 g/mol. The first-order valence-corrected chi connectivity index (χ1v) is 29.9. The molecule has 0 saturated carbocycles. The molecule has 0 amide bonds. The van der Waals surface area contributed by atoms with Gasteiger partial charge in [-0.05, 0) is 63.6 Å². The van der Waals surface area contributed by atoms with Crippen LogP contribution < -0.4 is 0 Å². The second kappa shape index (κ2) is 18.4. The molecule has 0 bridgehead atoms. The molecule has 1 fully saturated rings. The zero-order chi connectivity index (χ0) is 32.1. The van der Waals surface area contributed by atoms with Crippen LogP contribution in [0.3, 0.4) is 0 Å². The summed E-state index contributed by atoms with van der Waals surface area (Å²) in [6, 6.07) is 4.22. The topological polar surface area (TPSA) is 120 Å². The Labute approximate surface area is 262 Å². The largest absolute Gasteiger partial charge is 0.500 e. The highest BCUT2D eigenvalue weighted by atomic mass is 28.5. The van der Waals surface area contributed by atoms with Gasteiger partial charge in [0.2, 0.25) is 0 Å². The van der Waals surface area contributed by atoms with E-state index in [9.17, 15) is 0 Å². The van der Waals surface area contributed by atoms with Crippen LogP contribution in [0, 0.1) is 0 Å². The van der Waals surface area contributed by atoms with Crippen molar-refractivity contribution >= 4 is 61.4 Å². The Morgan fingerprint density at radius 2 is 0.690 bits per heavy atom. The zero-order valence-corrected chi connectivity index (χ0v) is 35.4. The average Bonchev–Trinajstić information content (AvgIpc) is 2.95. The minimum absolute atomic E-state index is 0.655. The lowest BCUT2D eigenvalue weighted by atomic mass is 10.6. The van der Waals surface area contributed by atoms with Gasteiger partial charge < -0.3 is 56.3 Å². The van der Waals surface area contributed by atoms with Crippen LogP contribution in [0.4, 0.5) is 0 Å². The minimum atomic E-state index is -2.81. The summed E-state index contributed by atoms with van der Waals surface area (Å²) in [5.74, 6) is 0. The molecule has 1 rings (SSSR count). The fourth-order valence-corrected chi connectivity index (χ4v) is 32.2. The second-order valence-corrected chi connectivity index (χ2v) is 33.1. The van der Waals surface area contributed by atoms with Crippen molar-refractivity contribution in [3.63, 3.8) is 0 Å². The Hall–Kier alpha value is 0.998. The molecule has 252 valence electrons. The van der Waals surface area contributed by atoms with Gasteiger partial charge in [0.25, 0.3) is 0 Å². The maximum absolute atomic E-state index is 7.12. The molecule has 1 saturated heterocycles. The molecule has 1 heterocycles. The lowest BCUT2D eigenvalue weighted by Crippen LogP contribution is -2.63. The molecule has 0 radical (unpaired) electrons. The molecular formula is C22H58O13Si7. The van der Waals surface area contributed by atoms with Gasteiger partial charge in [-0.2, -0.15) is 0 Å². The number of hydrogen-bond donors (Lipinski definition) is 0. The summed E-state index contributed by atoms with van der Waals surface area (Å²) in [4.78, 5) is 0. The van der Waals surface area contributed by atoms with E-state index in [1.807, 2.05) is 0 Å². The van der Waals surface area contributed by atoms with E-state index in [0.717, 1.165) is 37.4 Å².